The Morgan fingerprint density at radius 3 is 2.52 bits per heavy atom. The van der Waals surface area contributed by atoms with E-state index >= 15 is 0 Å². The number of thiol groups is 2. The Balaban J connectivity index is 2.49. The molecule has 0 aliphatic carbocycles. The zero-order valence-electron chi connectivity index (χ0n) is 15.0. The number of hydrogen-bond acceptors (Lipinski definition) is 10. The Hall–Kier alpha value is -1.86. The summed E-state index contributed by atoms with van der Waals surface area (Å²) in [6.07, 6.45) is 1.54. The van der Waals surface area contributed by atoms with Crippen molar-refractivity contribution in [1.82, 2.24) is 0 Å². The summed E-state index contributed by atoms with van der Waals surface area (Å²) in [6, 6.07) is 3.34. The van der Waals surface area contributed by atoms with Gasteiger partial charge in [0.05, 0.1) is 29.1 Å². The first-order valence-electron chi connectivity index (χ1n) is 7.97. The lowest BCUT2D eigenvalue weighted by Gasteiger charge is -2.19. The molecule has 0 saturated heterocycles. The fourth-order valence-corrected chi connectivity index (χ4v) is 4.59. The van der Waals surface area contributed by atoms with E-state index in [2.05, 4.69) is 30.6 Å². The second kappa shape index (κ2) is 9.76. The molecule has 1 heterocycles. The number of ether oxygens (including phenoxy) is 2. The molecule has 29 heavy (non-hydrogen) atoms. The van der Waals surface area contributed by atoms with Crippen LogP contribution in [0.15, 0.2) is 37.5 Å². The molecule has 158 valence electrons. The molecular formula is C16H17ClN2O7S3. The molecule has 0 unspecified atom stereocenters. The van der Waals surface area contributed by atoms with E-state index in [1.54, 1.807) is 19.1 Å². The molecule has 0 saturated carbocycles. The van der Waals surface area contributed by atoms with Crippen molar-refractivity contribution in [1.29, 1.82) is 0 Å². The van der Waals surface area contributed by atoms with Crippen molar-refractivity contribution in [3.05, 3.63) is 34.7 Å². The predicted molar refractivity (Wildman–Crippen MR) is 110 cm³/mol. The fourth-order valence-electron chi connectivity index (χ4n) is 2.21. The van der Waals surface area contributed by atoms with Gasteiger partial charge in [-0.05, 0) is 12.1 Å². The van der Waals surface area contributed by atoms with Crippen molar-refractivity contribution < 1.29 is 31.9 Å². The number of carbonyl (C=O) groups is 2. The quantitative estimate of drug-likeness (QED) is 0.257. The molecule has 0 spiro atoms. The first-order valence-corrected chi connectivity index (χ1v) is 10.8. The van der Waals surface area contributed by atoms with Crippen molar-refractivity contribution in [3.63, 3.8) is 0 Å². The second-order valence-electron chi connectivity index (χ2n) is 5.49. The predicted octanol–water partition coefficient (Wildman–Crippen LogP) is 2.84. The van der Waals surface area contributed by atoms with Crippen LogP contribution in [-0.2, 0) is 30.8 Å². The lowest BCUT2D eigenvalue weighted by Crippen LogP contribution is -2.20. The van der Waals surface area contributed by atoms with Crippen LogP contribution in [0.3, 0.4) is 0 Å². The molecule has 0 amide bonds. The number of benzene rings is 1. The Kier molecular flexibility index (Phi) is 7.88. The summed E-state index contributed by atoms with van der Waals surface area (Å²) < 4.78 is 38.7. The van der Waals surface area contributed by atoms with Gasteiger partial charge in [0.1, 0.15) is 10.7 Å². The monoisotopic (exact) mass is 480 g/mol. The highest BCUT2D eigenvalue weighted by Crippen LogP contribution is 2.42. The maximum atomic E-state index is 12.6. The van der Waals surface area contributed by atoms with Crippen LogP contribution in [0.25, 0.3) is 0 Å². The van der Waals surface area contributed by atoms with Crippen LogP contribution >= 0.6 is 36.9 Å². The van der Waals surface area contributed by atoms with E-state index in [4.69, 9.17) is 30.6 Å². The number of primary sulfonamides is 1. The molecule has 0 aliphatic rings. The van der Waals surface area contributed by atoms with Gasteiger partial charge in [-0.1, -0.05) is 18.5 Å². The number of nitrogens with two attached hydrogens (primary N) is 1. The van der Waals surface area contributed by atoms with Crippen LogP contribution in [0.5, 0.6) is 0 Å². The molecule has 0 radical (unpaired) electrons. The van der Waals surface area contributed by atoms with Gasteiger partial charge >= 0.3 is 11.9 Å². The smallest absolute Gasteiger partial charge is 0.344 e. The number of rotatable bonds is 8. The Labute approximate surface area is 182 Å². The maximum Gasteiger partial charge on any atom is 0.344 e. The Morgan fingerprint density at radius 1 is 1.28 bits per heavy atom. The molecule has 9 nitrogen and oxygen atoms in total. The zero-order valence-corrected chi connectivity index (χ0v) is 18.3. The zero-order chi connectivity index (χ0) is 21.8. The Morgan fingerprint density at radius 2 is 1.97 bits per heavy atom. The van der Waals surface area contributed by atoms with E-state index in [-0.39, 0.29) is 39.0 Å². The van der Waals surface area contributed by atoms with Crippen LogP contribution < -0.4 is 10.5 Å². The van der Waals surface area contributed by atoms with Crippen molar-refractivity contribution >= 4 is 64.5 Å². The van der Waals surface area contributed by atoms with E-state index in [1.807, 2.05) is 0 Å². The molecule has 1 aromatic heterocycles. The van der Waals surface area contributed by atoms with Gasteiger partial charge < -0.3 is 19.2 Å². The molecular weight excluding hydrogens is 464 g/mol. The first-order chi connectivity index (χ1) is 13.6. The summed E-state index contributed by atoms with van der Waals surface area (Å²) in [6.45, 7) is 1.01. The van der Waals surface area contributed by atoms with E-state index < -0.39 is 33.7 Å². The Bertz CT molecular complexity index is 1020. The molecule has 2 rings (SSSR count). The minimum Gasteiger partial charge on any atom is -0.467 e. The maximum absolute atomic E-state index is 12.6. The summed E-state index contributed by atoms with van der Waals surface area (Å²) in [5.41, 5.74) is -0.259. The number of halogens is 1. The molecule has 0 bridgehead atoms. The van der Waals surface area contributed by atoms with Crippen molar-refractivity contribution in [3.8, 4) is 0 Å². The normalized spacial score (nSPS) is 11.2. The molecule has 3 N–H and O–H groups in total. The summed E-state index contributed by atoms with van der Waals surface area (Å²) in [5, 5.41) is 7.77. The summed E-state index contributed by atoms with van der Waals surface area (Å²) in [5.74, 6) is -1.10. The largest absolute Gasteiger partial charge is 0.467 e. The number of hydrogen-bond donors (Lipinski definition) is 4. The van der Waals surface area contributed by atoms with Gasteiger partial charge in [-0.25, -0.2) is 18.4 Å². The van der Waals surface area contributed by atoms with Gasteiger partial charge in [0.2, 0.25) is 16.8 Å². The van der Waals surface area contributed by atoms with Crippen LogP contribution in [-0.4, -0.2) is 27.1 Å². The number of anilines is 1. The van der Waals surface area contributed by atoms with E-state index in [1.165, 1.54) is 6.26 Å². The number of sulfonamides is 1. The lowest BCUT2D eigenvalue weighted by atomic mass is 10.1. The first kappa shape index (κ1) is 23.4. The van der Waals surface area contributed by atoms with Gasteiger partial charge in [0, 0.05) is 16.2 Å². The standard InChI is InChI=1S/C16H17ClN2O7S3/c1-2-9(20)25-7-26-16(21)10-12(19-6-8-4-3-5-24-8)14(28)11(17)15(13(10)27)29(18,22)23/h3-5,19,27-28H,2,6-7H2,1H3,(H2,18,22,23). The topological polar surface area (TPSA) is 138 Å². The highest BCUT2D eigenvalue weighted by atomic mass is 35.5. The fraction of sp³-hybridized carbons (Fsp3) is 0.250. The van der Waals surface area contributed by atoms with Gasteiger partial charge in [-0.15, -0.1) is 25.3 Å². The average Bonchev–Trinajstić information content (AvgIpc) is 3.15. The summed E-state index contributed by atoms with van der Waals surface area (Å²) in [4.78, 5) is 22.8. The van der Waals surface area contributed by atoms with E-state index in [0.717, 1.165) is 0 Å². The number of furan rings is 1. The van der Waals surface area contributed by atoms with Crippen LogP contribution in [0.2, 0.25) is 5.02 Å². The van der Waals surface area contributed by atoms with Gasteiger partial charge in [0.25, 0.3) is 0 Å². The number of esters is 2. The molecule has 0 aliphatic heterocycles. The minimum absolute atomic E-state index is 0.0407. The van der Waals surface area contributed by atoms with Gasteiger partial charge in [-0.2, -0.15) is 0 Å². The highest BCUT2D eigenvalue weighted by Gasteiger charge is 2.30. The second-order valence-corrected chi connectivity index (χ2v) is 8.26. The molecule has 13 heteroatoms. The molecule has 0 fully saturated rings. The molecule has 1 aromatic carbocycles. The summed E-state index contributed by atoms with van der Waals surface area (Å²) in [7, 11) is -4.35. The van der Waals surface area contributed by atoms with Crippen molar-refractivity contribution in [2.45, 2.75) is 34.6 Å². The van der Waals surface area contributed by atoms with Gasteiger partial charge in [-0.3, -0.25) is 4.79 Å². The third-order valence-corrected chi connectivity index (χ3v) is 6.20. The van der Waals surface area contributed by atoms with Crippen LogP contribution in [0.4, 0.5) is 5.69 Å². The van der Waals surface area contributed by atoms with Crippen molar-refractivity contribution in [2.24, 2.45) is 5.14 Å². The highest BCUT2D eigenvalue weighted by molar-refractivity contribution is 7.90. The van der Waals surface area contributed by atoms with Gasteiger partial charge in [0.15, 0.2) is 0 Å². The van der Waals surface area contributed by atoms with Crippen LogP contribution in [0, 0.1) is 0 Å². The lowest BCUT2D eigenvalue weighted by molar-refractivity contribution is -0.151. The SMILES string of the molecule is CCC(=O)OCOC(=O)c1c(S)c(S(N)(=O)=O)c(Cl)c(S)c1NCc1ccco1. The number of nitrogens with one attached hydrogen (secondary N) is 1. The third kappa shape index (κ3) is 5.60. The third-order valence-electron chi connectivity index (χ3n) is 3.55. The average molecular weight is 481 g/mol. The van der Waals surface area contributed by atoms with E-state index in [0.29, 0.717) is 5.76 Å². The summed E-state index contributed by atoms with van der Waals surface area (Å²) >= 11 is 14.5. The van der Waals surface area contributed by atoms with Crippen molar-refractivity contribution in [2.75, 3.05) is 12.1 Å². The molecule has 2 aromatic rings. The number of carbonyl (C=O) groups excluding carboxylic acids is 2. The minimum atomic E-state index is -4.35. The molecule has 0 atom stereocenters. The van der Waals surface area contributed by atoms with E-state index in [9.17, 15) is 18.0 Å². The van der Waals surface area contributed by atoms with Crippen LogP contribution in [0.1, 0.15) is 29.5 Å².